The van der Waals surface area contributed by atoms with Gasteiger partial charge in [-0.25, -0.2) is 4.98 Å². The summed E-state index contributed by atoms with van der Waals surface area (Å²) in [4.78, 5) is 23.0. The van der Waals surface area contributed by atoms with Crippen LogP contribution >= 0.6 is 0 Å². The molecule has 3 aromatic rings. The van der Waals surface area contributed by atoms with Crippen molar-refractivity contribution in [3.8, 4) is 0 Å². The molecule has 27 heavy (non-hydrogen) atoms. The van der Waals surface area contributed by atoms with Crippen LogP contribution in [0.3, 0.4) is 0 Å². The molecule has 1 aliphatic heterocycles. The number of hydrogen-bond acceptors (Lipinski definition) is 4. The average molecular weight is 360 g/mol. The molecule has 1 aliphatic rings. The van der Waals surface area contributed by atoms with Crippen LogP contribution in [0, 0.1) is 0 Å². The summed E-state index contributed by atoms with van der Waals surface area (Å²) in [6.45, 7) is 1.26. The Kier molecular flexibility index (Phi) is 4.70. The highest BCUT2D eigenvalue weighted by Crippen LogP contribution is 2.42. The molecule has 0 fully saturated rings. The first kappa shape index (κ1) is 17.0. The number of aromatic nitrogens is 3. The number of benzene rings is 1. The van der Waals surface area contributed by atoms with E-state index in [2.05, 4.69) is 9.97 Å². The fraction of sp³-hybridized carbons (Fsp3) is 0.190. The lowest BCUT2D eigenvalue weighted by molar-refractivity contribution is -0.129. The summed E-state index contributed by atoms with van der Waals surface area (Å²) in [5.41, 5.74) is 2.19. The molecule has 0 saturated carbocycles. The molecule has 4 rings (SSSR count). The number of carbonyl (C=O) groups excluding carboxylic acids is 1. The third-order valence-corrected chi connectivity index (χ3v) is 4.73. The van der Waals surface area contributed by atoms with Gasteiger partial charge in [0.2, 0.25) is 0 Å². The zero-order valence-electron chi connectivity index (χ0n) is 14.8. The summed E-state index contributed by atoms with van der Waals surface area (Å²) in [6.07, 6.45) is 7.85. The lowest BCUT2D eigenvalue weighted by Gasteiger charge is -2.26. The van der Waals surface area contributed by atoms with Crippen LogP contribution in [0.4, 0.5) is 0 Å². The van der Waals surface area contributed by atoms with Crippen LogP contribution in [0.25, 0.3) is 5.57 Å². The van der Waals surface area contributed by atoms with Crippen LogP contribution in [-0.2, 0) is 11.3 Å². The topological polar surface area (TPSA) is 71.2 Å². The maximum Gasteiger partial charge on any atom is 0.289 e. The van der Waals surface area contributed by atoms with Crippen LogP contribution in [-0.4, -0.2) is 37.0 Å². The van der Waals surface area contributed by atoms with Crippen molar-refractivity contribution in [2.75, 3.05) is 6.54 Å². The zero-order valence-corrected chi connectivity index (χ0v) is 14.8. The number of nitrogens with zero attached hydrogens (tertiary/aromatic N) is 4. The van der Waals surface area contributed by atoms with Gasteiger partial charge < -0.3 is 14.6 Å². The number of rotatable bonds is 6. The van der Waals surface area contributed by atoms with Crippen molar-refractivity contribution in [1.82, 2.24) is 19.4 Å². The van der Waals surface area contributed by atoms with Crippen molar-refractivity contribution < 1.29 is 9.90 Å². The van der Waals surface area contributed by atoms with E-state index < -0.39 is 6.04 Å². The minimum Gasteiger partial charge on any atom is -0.503 e. The Balaban J connectivity index is 1.65. The standard InChI is InChI=1S/C21H20N4O2/c26-20-18(16-7-2-1-3-8-16)19(17-9-4-5-10-23-17)25(21(20)27)13-6-12-24-14-11-22-15-24/h1-5,7-11,14-15,19,26H,6,12-13H2. The molecule has 0 spiro atoms. The van der Waals surface area contributed by atoms with Gasteiger partial charge in [0.1, 0.15) is 6.04 Å². The highest BCUT2D eigenvalue weighted by molar-refractivity contribution is 6.05. The van der Waals surface area contributed by atoms with Crippen molar-refractivity contribution in [2.24, 2.45) is 0 Å². The fourth-order valence-electron chi connectivity index (χ4n) is 3.48. The van der Waals surface area contributed by atoms with E-state index in [4.69, 9.17) is 0 Å². The van der Waals surface area contributed by atoms with E-state index >= 15 is 0 Å². The van der Waals surface area contributed by atoms with Gasteiger partial charge in [-0.3, -0.25) is 9.78 Å². The first-order valence-corrected chi connectivity index (χ1v) is 8.92. The van der Waals surface area contributed by atoms with Crippen LogP contribution in [0.2, 0.25) is 0 Å². The summed E-state index contributed by atoms with van der Waals surface area (Å²) in [6, 6.07) is 14.8. The van der Waals surface area contributed by atoms with Gasteiger partial charge in [0.15, 0.2) is 5.76 Å². The Morgan fingerprint density at radius 1 is 1.00 bits per heavy atom. The summed E-state index contributed by atoms with van der Waals surface area (Å²) < 4.78 is 1.97. The maximum absolute atomic E-state index is 12.8. The predicted octanol–water partition coefficient (Wildman–Crippen LogP) is 3.22. The molecular formula is C21H20N4O2. The fourth-order valence-corrected chi connectivity index (χ4v) is 3.48. The molecule has 0 radical (unpaired) electrons. The van der Waals surface area contributed by atoms with Crippen LogP contribution < -0.4 is 0 Å². The second-order valence-electron chi connectivity index (χ2n) is 6.44. The number of aliphatic hydroxyl groups is 1. The smallest absolute Gasteiger partial charge is 0.289 e. The second-order valence-corrected chi connectivity index (χ2v) is 6.44. The van der Waals surface area contributed by atoms with Gasteiger partial charge >= 0.3 is 0 Å². The van der Waals surface area contributed by atoms with Crippen LogP contribution in [0.5, 0.6) is 0 Å². The number of carbonyl (C=O) groups is 1. The molecule has 6 nitrogen and oxygen atoms in total. The van der Waals surface area contributed by atoms with E-state index in [1.54, 1.807) is 23.6 Å². The van der Waals surface area contributed by atoms with Gasteiger partial charge in [0.05, 0.1) is 12.0 Å². The normalized spacial score (nSPS) is 17.0. The molecule has 0 saturated heterocycles. The Morgan fingerprint density at radius 3 is 2.52 bits per heavy atom. The Hall–Kier alpha value is -3.41. The lowest BCUT2D eigenvalue weighted by Crippen LogP contribution is -2.32. The molecule has 3 heterocycles. The maximum atomic E-state index is 12.8. The minimum atomic E-state index is -0.399. The van der Waals surface area contributed by atoms with Crippen LogP contribution in [0.1, 0.15) is 23.7 Å². The minimum absolute atomic E-state index is 0.195. The molecule has 136 valence electrons. The van der Waals surface area contributed by atoms with Gasteiger partial charge in [0, 0.05) is 37.3 Å². The molecule has 1 amide bonds. The van der Waals surface area contributed by atoms with Crippen LogP contribution in [0.15, 0.2) is 79.2 Å². The van der Waals surface area contributed by atoms with Crippen molar-refractivity contribution in [1.29, 1.82) is 0 Å². The van der Waals surface area contributed by atoms with Crippen molar-refractivity contribution in [3.63, 3.8) is 0 Å². The average Bonchev–Trinajstić information content (AvgIpc) is 3.31. The van der Waals surface area contributed by atoms with E-state index in [0.717, 1.165) is 24.2 Å². The van der Waals surface area contributed by atoms with E-state index in [1.807, 2.05) is 59.3 Å². The first-order valence-electron chi connectivity index (χ1n) is 8.92. The molecular weight excluding hydrogens is 340 g/mol. The number of hydrogen-bond donors (Lipinski definition) is 1. The third-order valence-electron chi connectivity index (χ3n) is 4.73. The SMILES string of the molecule is O=C1C(O)=C(c2ccccc2)C(c2ccccn2)N1CCCn1ccnc1. The lowest BCUT2D eigenvalue weighted by atomic mass is 9.96. The number of aryl methyl sites for hydroxylation is 1. The number of pyridine rings is 1. The van der Waals surface area contributed by atoms with Gasteiger partial charge in [0.25, 0.3) is 5.91 Å². The Labute approximate surface area is 157 Å². The predicted molar refractivity (Wildman–Crippen MR) is 102 cm³/mol. The van der Waals surface area contributed by atoms with Crippen molar-refractivity contribution >= 4 is 11.5 Å². The first-order chi connectivity index (χ1) is 13.3. The van der Waals surface area contributed by atoms with Gasteiger partial charge in [-0.15, -0.1) is 0 Å². The molecule has 1 atom stereocenters. The van der Waals surface area contributed by atoms with E-state index in [1.165, 1.54) is 0 Å². The van der Waals surface area contributed by atoms with E-state index in [-0.39, 0.29) is 11.7 Å². The van der Waals surface area contributed by atoms with Crippen molar-refractivity contribution in [3.05, 3.63) is 90.5 Å². The Morgan fingerprint density at radius 2 is 1.81 bits per heavy atom. The summed E-state index contributed by atoms with van der Waals surface area (Å²) in [7, 11) is 0. The quantitative estimate of drug-likeness (QED) is 0.733. The molecule has 1 unspecified atom stereocenters. The summed E-state index contributed by atoms with van der Waals surface area (Å²) >= 11 is 0. The molecule has 1 aromatic carbocycles. The number of amides is 1. The number of aliphatic hydroxyl groups excluding tert-OH is 1. The monoisotopic (exact) mass is 360 g/mol. The zero-order chi connectivity index (χ0) is 18.6. The summed E-state index contributed by atoms with van der Waals surface area (Å²) in [5, 5.41) is 10.6. The molecule has 1 N–H and O–H groups in total. The van der Waals surface area contributed by atoms with E-state index in [0.29, 0.717) is 12.1 Å². The largest absolute Gasteiger partial charge is 0.503 e. The number of imidazole rings is 1. The van der Waals surface area contributed by atoms with E-state index in [9.17, 15) is 9.90 Å². The molecule has 2 aromatic heterocycles. The van der Waals surface area contributed by atoms with Crippen molar-refractivity contribution in [2.45, 2.75) is 19.0 Å². The second kappa shape index (κ2) is 7.45. The summed E-state index contributed by atoms with van der Waals surface area (Å²) in [5.74, 6) is -0.547. The third kappa shape index (κ3) is 3.33. The van der Waals surface area contributed by atoms with Gasteiger partial charge in [-0.2, -0.15) is 0 Å². The van der Waals surface area contributed by atoms with Gasteiger partial charge in [-0.1, -0.05) is 36.4 Å². The van der Waals surface area contributed by atoms with Gasteiger partial charge in [-0.05, 0) is 24.1 Å². The molecule has 0 bridgehead atoms. The Bertz CT molecular complexity index is 937. The highest BCUT2D eigenvalue weighted by Gasteiger charge is 2.41. The molecule has 0 aliphatic carbocycles. The highest BCUT2D eigenvalue weighted by atomic mass is 16.3. The molecule has 6 heteroatoms.